The molecule has 1 aliphatic rings. The maximum Gasteiger partial charge on any atom is 0.344 e. The van der Waals surface area contributed by atoms with E-state index < -0.39 is 0 Å². The molecule has 1 N–H and O–H groups in total. The fourth-order valence-corrected chi connectivity index (χ4v) is 0.846. The lowest BCUT2D eigenvalue weighted by molar-refractivity contribution is -0.170. The predicted octanol–water partition coefficient (Wildman–Crippen LogP) is -0.454. The van der Waals surface area contributed by atoms with Gasteiger partial charge in [-0.1, -0.05) is 0 Å². The number of hydrogen-bond donors (Lipinski definition) is 1. The second-order valence-corrected chi connectivity index (χ2v) is 1.88. The molecule has 0 aromatic rings. The first kappa shape index (κ1) is 7.30. The summed E-state index contributed by atoms with van der Waals surface area (Å²) in [5.41, 5.74) is 0. The van der Waals surface area contributed by atoms with Crippen LogP contribution in [0.2, 0.25) is 0 Å². The Morgan fingerprint density at radius 2 is 2.40 bits per heavy atom. The van der Waals surface area contributed by atoms with Crippen molar-refractivity contribution in [2.24, 2.45) is 0 Å². The maximum atomic E-state index is 10.8. The first-order valence-corrected chi connectivity index (χ1v) is 2.93. The number of carbonyl (C=O) groups is 1. The number of rotatable bonds is 2. The van der Waals surface area contributed by atoms with E-state index >= 15 is 0 Å². The monoisotopic (exact) mass is 146 g/mol. The molecule has 1 saturated heterocycles. The molecular formula is C5H10N2O3. The molecule has 1 heterocycles. The Labute approximate surface area is 58.8 Å². The van der Waals surface area contributed by atoms with Crippen molar-refractivity contribution in [2.45, 2.75) is 6.23 Å². The molecule has 58 valence electrons. The molecule has 0 aromatic carbocycles. The van der Waals surface area contributed by atoms with E-state index in [0.717, 1.165) is 5.06 Å². The second kappa shape index (κ2) is 2.85. The zero-order chi connectivity index (χ0) is 7.56. The largest absolute Gasteiger partial charge is 0.357 e. The molecule has 0 saturated carbocycles. The Hall–Kier alpha value is -0.810. The van der Waals surface area contributed by atoms with Crippen LogP contribution >= 0.6 is 0 Å². The number of ether oxygens (including phenoxy) is 1. The van der Waals surface area contributed by atoms with E-state index in [-0.39, 0.29) is 12.3 Å². The van der Waals surface area contributed by atoms with Gasteiger partial charge in [0.15, 0.2) is 6.23 Å². The number of hydrogen-bond acceptors (Lipinski definition) is 3. The standard InChI is InChI=1S/C5H10N2O3/c1-9-4-3-6-5(8)7(4)10-2/h4H,3H2,1-2H3,(H,6,8). The van der Waals surface area contributed by atoms with Crippen LogP contribution < -0.4 is 5.32 Å². The topological polar surface area (TPSA) is 50.8 Å². The first-order valence-electron chi connectivity index (χ1n) is 2.93. The molecule has 1 fully saturated rings. The van der Waals surface area contributed by atoms with Gasteiger partial charge in [-0.3, -0.25) is 4.84 Å². The van der Waals surface area contributed by atoms with E-state index in [1.165, 1.54) is 14.2 Å². The summed E-state index contributed by atoms with van der Waals surface area (Å²) in [5, 5.41) is 3.71. The molecular weight excluding hydrogens is 136 g/mol. The van der Waals surface area contributed by atoms with E-state index in [9.17, 15) is 4.79 Å². The highest BCUT2D eigenvalue weighted by Crippen LogP contribution is 2.06. The lowest BCUT2D eigenvalue weighted by Gasteiger charge is -2.17. The number of nitrogens with zero attached hydrogens (tertiary/aromatic N) is 1. The zero-order valence-corrected chi connectivity index (χ0v) is 5.96. The van der Waals surface area contributed by atoms with E-state index in [4.69, 9.17) is 9.57 Å². The van der Waals surface area contributed by atoms with Crippen molar-refractivity contribution in [2.75, 3.05) is 20.8 Å². The summed E-state index contributed by atoms with van der Waals surface area (Å²) in [6.07, 6.45) is -0.294. The maximum absolute atomic E-state index is 10.8. The van der Waals surface area contributed by atoms with Gasteiger partial charge < -0.3 is 10.1 Å². The highest BCUT2D eigenvalue weighted by atomic mass is 16.7. The molecule has 5 nitrogen and oxygen atoms in total. The van der Waals surface area contributed by atoms with Gasteiger partial charge in [0, 0.05) is 7.11 Å². The van der Waals surface area contributed by atoms with Crippen molar-refractivity contribution < 1.29 is 14.4 Å². The number of carbonyl (C=O) groups excluding carboxylic acids is 1. The van der Waals surface area contributed by atoms with Crippen LogP contribution in [0.15, 0.2) is 0 Å². The van der Waals surface area contributed by atoms with Gasteiger partial charge in [0.25, 0.3) is 0 Å². The summed E-state index contributed by atoms with van der Waals surface area (Å²) in [5.74, 6) is 0. The molecule has 1 aliphatic heterocycles. The summed E-state index contributed by atoms with van der Waals surface area (Å²) in [4.78, 5) is 15.5. The van der Waals surface area contributed by atoms with Gasteiger partial charge in [-0.05, 0) is 0 Å². The smallest absolute Gasteiger partial charge is 0.344 e. The molecule has 0 spiro atoms. The van der Waals surface area contributed by atoms with Gasteiger partial charge in [-0.15, -0.1) is 0 Å². The van der Waals surface area contributed by atoms with Gasteiger partial charge in [0.2, 0.25) is 0 Å². The number of methoxy groups -OCH3 is 1. The molecule has 5 heteroatoms. The van der Waals surface area contributed by atoms with Crippen molar-refractivity contribution in [3.8, 4) is 0 Å². The Kier molecular flexibility index (Phi) is 2.08. The molecule has 1 atom stereocenters. The minimum atomic E-state index is -0.294. The molecule has 1 unspecified atom stereocenters. The summed E-state index contributed by atoms with van der Waals surface area (Å²) >= 11 is 0. The molecule has 0 radical (unpaired) electrons. The minimum Gasteiger partial charge on any atom is -0.357 e. The summed E-state index contributed by atoms with van der Waals surface area (Å²) in [6.45, 7) is 0.475. The molecule has 0 bridgehead atoms. The fourth-order valence-electron chi connectivity index (χ4n) is 0.846. The van der Waals surface area contributed by atoms with Crippen LogP contribution in [0, 0.1) is 0 Å². The fraction of sp³-hybridized carbons (Fsp3) is 0.800. The number of hydroxylamine groups is 2. The minimum absolute atomic E-state index is 0.255. The van der Waals surface area contributed by atoms with Crippen molar-refractivity contribution in [3.63, 3.8) is 0 Å². The number of amides is 2. The van der Waals surface area contributed by atoms with Crippen LogP contribution in [-0.4, -0.2) is 38.1 Å². The lowest BCUT2D eigenvalue weighted by Crippen LogP contribution is -2.34. The van der Waals surface area contributed by atoms with Crippen molar-refractivity contribution in [1.29, 1.82) is 0 Å². The van der Waals surface area contributed by atoms with Crippen molar-refractivity contribution in [1.82, 2.24) is 10.4 Å². The quantitative estimate of drug-likeness (QED) is 0.573. The third-order valence-electron chi connectivity index (χ3n) is 1.36. The average molecular weight is 146 g/mol. The third-order valence-corrected chi connectivity index (χ3v) is 1.36. The van der Waals surface area contributed by atoms with E-state index in [0.29, 0.717) is 6.54 Å². The van der Waals surface area contributed by atoms with Crippen LogP contribution in [0.1, 0.15) is 0 Å². The second-order valence-electron chi connectivity index (χ2n) is 1.88. The van der Waals surface area contributed by atoms with E-state index in [1.807, 2.05) is 0 Å². The zero-order valence-electron chi connectivity index (χ0n) is 5.96. The van der Waals surface area contributed by atoms with Crippen LogP contribution in [0.3, 0.4) is 0 Å². The molecule has 1 rings (SSSR count). The summed E-state index contributed by atoms with van der Waals surface area (Å²) in [6, 6.07) is -0.255. The number of nitrogens with one attached hydrogen (secondary N) is 1. The SMILES string of the molecule is COC1CNC(=O)N1OC. The van der Waals surface area contributed by atoms with Gasteiger partial charge in [-0.25, -0.2) is 4.79 Å². The lowest BCUT2D eigenvalue weighted by atomic mass is 10.6. The van der Waals surface area contributed by atoms with Crippen LogP contribution in [0.5, 0.6) is 0 Å². The third kappa shape index (κ3) is 1.05. The van der Waals surface area contributed by atoms with E-state index in [1.54, 1.807) is 0 Å². The van der Waals surface area contributed by atoms with Crippen LogP contribution in [0.25, 0.3) is 0 Å². The highest BCUT2D eigenvalue weighted by Gasteiger charge is 2.30. The van der Waals surface area contributed by atoms with E-state index in [2.05, 4.69) is 5.32 Å². The molecule has 10 heavy (non-hydrogen) atoms. The van der Waals surface area contributed by atoms with Crippen molar-refractivity contribution in [3.05, 3.63) is 0 Å². The molecule has 0 aromatic heterocycles. The molecule has 2 amide bonds. The number of urea groups is 1. The van der Waals surface area contributed by atoms with Gasteiger partial charge in [0.05, 0.1) is 13.7 Å². The average Bonchev–Trinajstić information content (AvgIpc) is 2.30. The first-order chi connectivity index (χ1) is 4.79. The van der Waals surface area contributed by atoms with Gasteiger partial charge >= 0.3 is 6.03 Å². The van der Waals surface area contributed by atoms with Gasteiger partial charge in [0.1, 0.15) is 0 Å². The predicted molar refractivity (Wildman–Crippen MR) is 33.0 cm³/mol. The summed E-state index contributed by atoms with van der Waals surface area (Å²) in [7, 11) is 2.95. The van der Waals surface area contributed by atoms with Crippen LogP contribution in [0.4, 0.5) is 4.79 Å². The Morgan fingerprint density at radius 1 is 1.70 bits per heavy atom. The highest BCUT2D eigenvalue weighted by molar-refractivity contribution is 5.75. The Morgan fingerprint density at radius 3 is 2.80 bits per heavy atom. The Balaban J connectivity index is 2.54. The Bertz CT molecular complexity index is 139. The molecule has 0 aliphatic carbocycles. The van der Waals surface area contributed by atoms with Gasteiger partial charge in [-0.2, -0.15) is 5.06 Å². The van der Waals surface area contributed by atoms with Crippen LogP contribution in [-0.2, 0) is 9.57 Å². The summed E-state index contributed by atoms with van der Waals surface area (Å²) < 4.78 is 4.90. The normalized spacial score (nSPS) is 25.2. The van der Waals surface area contributed by atoms with Crippen molar-refractivity contribution >= 4 is 6.03 Å².